The molecule has 18 heavy (non-hydrogen) atoms. The first-order chi connectivity index (χ1) is 8.19. The Morgan fingerprint density at radius 2 is 1.78 bits per heavy atom. The fraction of sp³-hybridized carbons (Fsp3) is 0.222. The Morgan fingerprint density at radius 1 is 1.28 bits per heavy atom. The quantitative estimate of drug-likeness (QED) is 0.532. The third-order valence-corrected chi connectivity index (χ3v) is 4.43. The normalized spacial score (nSPS) is 11.1. The summed E-state index contributed by atoms with van der Waals surface area (Å²) in [6, 6.07) is 3.82. The van der Waals surface area contributed by atoms with E-state index in [-0.39, 0.29) is 6.61 Å². The number of halogens is 3. The van der Waals surface area contributed by atoms with Crippen molar-refractivity contribution in [3.8, 4) is 5.75 Å². The van der Waals surface area contributed by atoms with E-state index in [9.17, 15) is 13.2 Å². The predicted octanol–water partition coefficient (Wildman–Crippen LogP) is 1.95. The molecule has 0 aliphatic rings. The van der Waals surface area contributed by atoms with Crippen LogP contribution in [0.25, 0.3) is 0 Å². The van der Waals surface area contributed by atoms with Crippen LogP contribution in [-0.2, 0) is 14.8 Å². The number of ether oxygens (including phenoxy) is 1. The number of carbonyl (C=O) groups is 1. The summed E-state index contributed by atoms with van der Waals surface area (Å²) in [7, 11) is -3.54. The van der Waals surface area contributed by atoms with Crippen LogP contribution in [0.2, 0.25) is 0 Å². The molecule has 1 rings (SSSR count). The Hall–Kier alpha value is 0.630. The Balaban J connectivity index is 2.73. The van der Waals surface area contributed by atoms with Crippen LogP contribution < -0.4 is 9.46 Å². The minimum atomic E-state index is -3.54. The first kappa shape index (κ1) is 16.7. The van der Waals surface area contributed by atoms with Crippen LogP contribution in [0.3, 0.4) is 0 Å². The minimum Gasteiger partial charge on any atom is -0.482 e. The van der Waals surface area contributed by atoms with Gasteiger partial charge in [0.1, 0.15) is 5.75 Å². The van der Waals surface area contributed by atoms with E-state index < -0.39 is 15.9 Å². The van der Waals surface area contributed by atoms with Crippen LogP contribution >= 0.6 is 67.8 Å². The van der Waals surface area contributed by atoms with E-state index in [1.165, 1.54) is 0 Å². The molecule has 100 valence electrons. The highest BCUT2D eigenvalue weighted by Gasteiger charge is 2.12. The molecule has 0 fully saturated rings. The highest BCUT2D eigenvalue weighted by atomic mass is 127. The molecule has 0 unspecified atom stereocenters. The average Bonchev–Trinajstić information content (AvgIpc) is 2.12. The second kappa shape index (κ2) is 6.88. The van der Waals surface area contributed by atoms with Crippen molar-refractivity contribution in [2.45, 2.75) is 0 Å². The molecule has 0 spiro atoms. The Morgan fingerprint density at radius 3 is 2.22 bits per heavy atom. The zero-order valence-electron chi connectivity index (χ0n) is 9.04. The maximum atomic E-state index is 11.3. The van der Waals surface area contributed by atoms with Crippen LogP contribution in [0.5, 0.6) is 5.75 Å². The number of sulfonamides is 1. The molecule has 0 radical (unpaired) electrons. The van der Waals surface area contributed by atoms with Crippen molar-refractivity contribution in [2.75, 3.05) is 12.9 Å². The number of amides is 1. The van der Waals surface area contributed by atoms with Gasteiger partial charge in [0, 0.05) is 3.57 Å². The SMILES string of the molecule is CS(=O)(=O)NC(=O)COc1c(I)cc(I)cc1I. The minimum absolute atomic E-state index is 0.334. The monoisotopic (exact) mass is 607 g/mol. The third-order valence-electron chi connectivity index (χ3n) is 1.61. The summed E-state index contributed by atoms with van der Waals surface area (Å²) in [5.74, 6) is -0.108. The second-order valence-electron chi connectivity index (χ2n) is 3.28. The highest BCUT2D eigenvalue weighted by Crippen LogP contribution is 2.29. The molecule has 9 heteroatoms. The molecular weight excluding hydrogens is 599 g/mol. The maximum Gasteiger partial charge on any atom is 0.271 e. The molecule has 5 nitrogen and oxygen atoms in total. The molecule has 0 atom stereocenters. The van der Waals surface area contributed by atoms with Gasteiger partial charge in [0.05, 0.1) is 13.4 Å². The van der Waals surface area contributed by atoms with Crippen molar-refractivity contribution in [1.82, 2.24) is 4.72 Å². The van der Waals surface area contributed by atoms with Crippen molar-refractivity contribution in [3.63, 3.8) is 0 Å². The van der Waals surface area contributed by atoms with E-state index in [2.05, 4.69) is 67.8 Å². The van der Waals surface area contributed by atoms with Crippen LogP contribution in [0.4, 0.5) is 0 Å². The number of carbonyl (C=O) groups excluding carboxylic acids is 1. The summed E-state index contributed by atoms with van der Waals surface area (Å²) in [4.78, 5) is 11.3. The van der Waals surface area contributed by atoms with Gasteiger partial charge >= 0.3 is 0 Å². The van der Waals surface area contributed by atoms with Gasteiger partial charge < -0.3 is 4.74 Å². The fourth-order valence-corrected chi connectivity index (χ4v) is 5.41. The summed E-state index contributed by atoms with van der Waals surface area (Å²) in [6.07, 6.45) is 0.920. The van der Waals surface area contributed by atoms with Gasteiger partial charge in [-0.15, -0.1) is 0 Å². The second-order valence-corrected chi connectivity index (χ2v) is 8.60. The van der Waals surface area contributed by atoms with Crippen LogP contribution in [-0.4, -0.2) is 27.2 Å². The molecule has 0 saturated heterocycles. The first-order valence-electron chi connectivity index (χ1n) is 4.47. The van der Waals surface area contributed by atoms with E-state index in [4.69, 9.17) is 4.74 Å². The molecular formula is C9H8I3NO4S. The van der Waals surface area contributed by atoms with E-state index in [0.717, 1.165) is 17.0 Å². The van der Waals surface area contributed by atoms with E-state index >= 15 is 0 Å². The number of nitrogens with one attached hydrogen (secondary N) is 1. The first-order valence-corrected chi connectivity index (χ1v) is 9.60. The van der Waals surface area contributed by atoms with Crippen molar-refractivity contribution in [2.24, 2.45) is 0 Å². The molecule has 1 amide bonds. The molecule has 1 aromatic rings. The van der Waals surface area contributed by atoms with Gasteiger partial charge in [-0.25, -0.2) is 8.42 Å². The maximum absolute atomic E-state index is 11.3. The number of benzene rings is 1. The van der Waals surface area contributed by atoms with Crippen LogP contribution in [0, 0.1) is 10.7 Å². The zero-order valence-corrected chi connectivity index (χ0v) is 16.3. The number of rotatable bonds is 4. The van der Waals surface area contributed by atoms with E-state index in [1.807, 2.05) is 16.9 Å². The van der Waals surface area contributed by atoms with E-state index in [0.29, 0.717) is 5.75 Å². The van der Waals surface area contributed by atoms with Crippen molar-refractivity contribution in [3.05, 3.63) is 22.8 Å². The highest BCUT2D eigenvalue weighted by molar-refractivity contribution is 14.1. The molecule has 1 aromatic carbocycles. The summed E-state index contributed by atoms with van der Waals surface area (Å²) >= 11 is 6.39. The summed E-state index contributed by atoms with van der Waals surface area (Å²) in [5.41, 5.74) is 0. The lowest BCUT2D eigenvalue weighted by Gasteiger charge is -2.10. The van der Waals surface area contributed by atoms with Gasteiger partial charge in [0.15, 0.2) is 6.61 Å². The van der Waals surface area contributed by atoms with E-state index in [1.54, 1.807) is 0 Å². The summed E-state index contributed by atoms with van der Waals surface area (Å²) in [5, 5.41) is 0. The van der Waals surface area contributed by atoms with Crippen molar-refractivity contribution >= 4 is 83.7 Å². The molecule has 0 saturated carbocycles. The van der Waals surface area contributed by atoms with Crippen LogP contribution in [0.1, 0.15) is 0 Å². The Bertz CT molecular complexity index is 550. The number of hydrogen-bond donors (Lipinski definition) is 1. The lowest BCUT2D eigenvalue weighted by atomic mass is 10.3. The topological polar surface area (TPSA) is 72.5 Å². The van der Waals surface area contributed by atoms with Crippen molar-refractivity contribution < 1.29 is 17.9 Å². The van der Waals surface area contributed by atoms with Gasteiger partial charge in [-0.2, -0.15) is 0 Å². The third kappa shape index (κ3) is 5.73. The van der Waals surface area contributed by atoms with Gasteiger partial charge in [-0.05, 0) is 79.9 Å². The molecule has 0 aliphatic carbocycles. The summed E-state index contributed by atoms with van der Waals surface area (Å²) < 4.78 is 31.7. The molecule has 1 N–H and O–H groups in total. The van der Waals surface area contributed by atoms with Gasteiger partial charge in [-0.3, -0.25) is 9.52 Å². The smallest absolute Gasteiger partial charge is 0.271 e. The molecule has 0 aliphatic heterocycles. The molecule has 0 heterocycles. The standard InChI is InChI=1S/C9H8I3NO4S/c1-18(15,16)13-8(14)4-17-9-6(11)2-5(10)3-7(9)12/h2-3H,4H2,1H3,(H,13,14). The molecule has 0 bridgehead atoms. The predicted molar refractivity (Wildman–Crippen MR) is 93.1 cm³/mol. The zero-order chi connectivity index (χ0) is 13.9. The molecule has 0 aromatic heterocycles. The Labute approximate surface area is 146 Å². The fourth-order valence-electron chi connectivity index (χ4n) is 1.04. The Kier molecular flexibility index (Phi) is 6.37. The largest absolute Gasteiger partial charge is 0.482 e. The van der Waals surface area contributed by atoms with Gasteiger partial charge in [0.2, 0.25) is 10.0 Å². The van der Waals surface area contributed by atoms with Crippen LogP contribution in [0.15, 0.2) is 12.1 Å². The van der Waals surface area contributed by atoms with Crippen molar-refractivity contribution in [1.29, 1.82) is 0 Å². The lowest BCUT2D eigenvalue weighted by Crippen LogP contribution is -2.33. The summed E-state index contributed by atoms with van der Waals surface area (Å²) in [6.45, 7) is -0.334. The lowest BCUT2D eigenvalue weighted by molar-refractivity contribution is -0.121. The van der Waals surface area contributed by atoms with Gasteiger partial charge in [0.25, 0.3) is 5.91 Å². The van der Waals surface area contributed by atoms with Gasteiger partial charge in [-0.1, -0.05) is 0 Å². The number of hydrogen-bond acceptors (Lipinski definition) is 4. The average molecular weight is 607 g/mol.